The number of rotatable bonds is 1. The first-order valence-corrected chi connectivity index (χ1v) is 12.6. The minimum atomic E-state index is -1.76. The monoisotopic (exact) mass is 437 g/mol. The Hall–Kier alpha value is -1.72. The first kappa shape index (κ1) is 20.9. The maximum Gasteiger partial charge on any atom is 0.261 e. The number of aliphatic hydroxyl groups is 2. The van der Waals surface area contributed by atoms with E-state index in [1.54, 1.807) is 12.1 Å². The van der Waals surface area contributed by atoms with E-state index in [-0.39, 0.29) is 23.2 Å². The largest absolute Gasteiger partial charge is 0.393 e. The van der Waals surface area contributed by atoms with E-state index in [0.29, 0.717) is 35.4 Å². The van der Waals surface area contributed by atoms with Crippen LogP contribution in [0.3, 0.4) is 0 Å². The van der Waals surface area contributed by atoms with Crippen LogP contribution in [0, 0.1) is 40.4 Å². The van der Waals surface area contributed by atoms with Gasteiger partial charge in [0.05, 0.1) is 12.0 Å². The number of hydrogen-bond donors (Lipinski definition) is 3. The summed E-state index contributed by atoms with van der Waals surface area (Å²) in [5.74, 6) is 0.766. The van der Waals surface area contributed by atoms with E-state index in [4.69, 9.17) is 0 Å². The van der Waals surface area contributed by atoms with Crippen molar-refractivity contribution in [2.75, 3.05) is 5.32 Å². The van der Waals surface area contributed by atoms with Crippen molar-refractivity contribution in [3.8, 4) is 0 Å². The lowest BCUT2D eigenvalue weighted by molar-refractivity contribution is -0.151. The van der Waals surface area contributed by atoms with Gasteiger partial charge in [-0.1, -0.05) is 32.0 Å². The number of fused-ring (bicyclic) bond motifs is 6. The first-order valence-electron chi connectivity index (χ1n) is 12.6. The van der Waals surface area contributed by atoms with Crippen LogP contribution in [-0.4, -0.2) is 28.0 Å². The third-order valence-corrected chi connectivity index (χ3v) is 10.8. The van der Waals surface area contributed by atoms with Gasteiger partial charge in [-0.3, -0.25) is 9.59 Å². The Balaban J connectivity index is 1.35. The molecule has 1 heterocycles. The quantitative estimate of drug-likeness (QED) is 0.619. The van der Waals surface area contributed by atoms with E-state index in [1.807, 2.05) is 12.1 Å². The number of para-hydroxylation sites is 1. The number of ketones is 1. The van der Waals surface area contributed by atoms with Gasteiger partial charge in [0.25, 0.3) is 5.91 Å². The van der Waals surface area contributed by atoms with Crippen molar-refractivity contribution < 1.29 is 19.8 Å². The number of benzene rings is 1. The minimum absolute atomic E-state index is 0.0849. The number of Topliss-reactive ketones (excluding diaryl/α,β-unsaturated/α-hetero) is 1. The van der Waals surface area contributed by atoms with Crippen molar-refractivity contribution in [3.05, 3.63) is 29.8 Å². The molecule has 5 aliphatic rings. The maximum absolute atomic E-state index is 13.9. The van der Waals surface area contributed by atoms with E-state index in [1.165, 1.54) is 0 Å². The Labute approximate surface area is 190 Å². The number of aliphatic hydroxyl groups excluding tert-OH is 1. The number of carbonyl (C=O) groups is 2. The predicted molar refractivity (Wildman–Crippen MR) is 121 cm³/mol. The van der Waals surface area contributed by atoms with Gasteiger partial charge in [0.1, 0.15) is 5.78 Å². The summed E-state index contributed by atoms with van der Waals surface area (Å²) in [6.45, 7) is 4.54. The highest BCUT2D eigenvalue weighted by Gasteiger charge is 2.67. The topological polar surface area (TPSA) is 86.6 Å². The zero-order valence-electron chi connectivity index (χ0n) is 19.1. The fraction of sp³-hybridized carbons (Fsp3) is 0.704. The van der Waals surface area contributed by atoms with Gasteiger partial charge in [-0.15, -0.1) is 0 Å². The second kappa shape index (κ2) is 6.66. The number of anilines is 1. The molecular weight excluding hydrogens is 402 g/mol. The number of amides is 1. The summed E-state index contributed by atoms with van der Waals surface area (Å²) in [4.78, 5) is 26.9. The van der Waals surface area contributed by atoms with Gasteiger partial charge in [-0.05, 0) is 86.5 Å². The first-order chi connectivity index (χ1) is 15.2. The third-order valence-electron chi connectivity index (χ3n) is 10.8. The fourth-order valence-corrected chi connectivity index (χ4v) is 9.03. The summed E-state index contributed by atoms with van der Waals surface area (Å²) in [6, 6.07) is 7.25. The van der Waals surface area contributed by atoms with Gasteiger partial charge in [0.15, 0.2) is 5.60 Å². The molecular formula is C27H35NO4. The standard InChI is InChI=1S/C27H35NO4/c1-25-11-9-16(29)13-15(25)7-8-17-18(25)10-12-26(2)20(17)14-21(23(26)30)27(32)19-5-3-4-6-22(19)28-24(27)31/h3-6,15-18,20-21,29,32H,7-14H2,1-2H3,(H,28,31)/t15-,16+,17+,18-,20-,21+,25-,26-,27-/m0/s1. The number of hydrogen-bond acceptors (Lipinski definition) is 4. The molecule has 5 nitrogen and oxygen atoms in total. The minimum Gasteiger partial charge on any atom is -0.393 e. The fourth-order valence-electron chi connectivity index (χ4n) is 9.03. The molecule has 0 unspecified atom stereocenters. The third kappa shape index (κ3) is 2.47. The Bertz CT molecular complexity index is 992. The Morgan fingerprint density at radius 2 is 1.75 bits per heavy atom. The highest BCUT2D eigenvalue weighted by Crippen LogP contribution is 2.67. The average Bonchev–Trinajstić information content (AvgIpc) is 3.20. The Kier molecular flexibility index (Phi) is 4.34. The second-order valence-electron chi connectivity index (χ2n) is 12.0. The molecule has 4 saturated carbocycles. The van der Waals surface area contributed by atoms with Crippen molar-refractivity contribution in [2.24, 2.45) is 40.4 Å². The van der Waals surface area contributed by atoms with Crippen LogP contribution < -0.4 is 5.32 Å². The Morgan fingerprint density at radius 1 is 0.969 bits per heavy atom. The molecule has 4 fully saturated rings. The molecule has 1 aromatic carbocycles. The van der Waals surface area contributed by atoms with Crippen LogP contribution in [0.15, 0.2) is 24.3 Å². The van der Waals surface area contributed by atoms with E-state index < -0.39 is 22.8 Å². The molecule has 1 aliphatic heterocycles. The van der Waals surface area contributed by atoms with Crippen molar-refractivity contribution in [1.82, 2.24) is 0 Å². The van der Waals surface area contributed by atoms with Crippen molar-refractivity contribution in [3.63, 3.8) is 0 Å². The number of carbonyl (C=O) groups excluding carboxylic acids is 2. The van der Waals surface area contributed by atoms with Gasteiger partial charge < -0.3 is 15.5 Å². The average molecular weight is 438 g/mol. The van der Waals surface area contributed by atoms with Crippen LogP contribution in [0.5, 0.6) is 0 Å². The van der Waals surface area contributed by atoms with Crippen molar-refractivity contribution in [1.29, 1.82) is 0 Å². The highest BCUT2D eigenvalue weighted by atomic mass is 16.3. The SMILES string of the molecule is C[C@]12CC[C@@H](O)C[C@@H]1CC[C@@H]1[C@@H]2CC[C@]2(C)C(=O)[C@H]([C@]3(O)C(=O)Nc4ccccc43)C[C@@H]12. The molecule has 1 aromatic rings. The zero-order valence-corrected chi connectivity index (χ0v) is 19.1. The summed E-state index contributed by atoms with van der Waals surface area (Å²) in [6.07, 6.45) is 7.41. The lowest BCUT2D eigenvalue weighted by Crippen LogP contribution is -2.54. The van der Waals surface area contributed by atoms with Crippen LogP contribution in [0.1, 0.15) is 70.8 Å². The van der Waals surface area contributed by atoms with Crippen molar-refractivity contribution in [2.45, 2.75) is 76.9 Å². The molecule has 6 rings (SSSR count). The summed E-state index contributed by atoms with van der Waals surface area (Å²) < 4.78 is 0. The highest BCUT2D eigenvalue weighted by molar-refractivity contribution is 6.09. The van der Waals surface area contributed by atoms with Crippen LogP contribution in [-0.2, 0) is 15.2 Å². The molecule has 9 atom stereocenters. The summed E-state index contributed by atoms with van der Waals surface area (Å²) in [5.41, 5.74) is -0.812. The lowest BCUT2D eigenvalue weighted by Gasteiger charge is -2.60. The van der Waals surface area contributed by atoms with Crippen LogP contribution in [0.4, 0.5) is 5.69 Å². The van der Waals surface area contributed by atoms with Gasteiger partial charge in [-0.25, -0.2) is 0 Å². The molecule has 0 aromatic heterocycles. The van der Waals surface area contributed by atoms with Gasteiger partial charge in [0, 0.05) is 16.7 Å². The van der Waals surface area contributed by atoms with Gasteiger partial charge in [0.2, 0.25) is 0 Å². The van der Waals surface area contributed by atoms with Gasteiger partial charge >= 0.3 is 0 Å². The van der Waals surface area contributed by atoms with E-state index in [0.717, 1.165) is 44.9 Å². The molecule has 172 valence electrons. The van der Waals surface area contributed by atoms with Gasteiger partial charge in [-0.2, -0.15) is 0 Å². The Morgan fingerprint density at radius 3 is 2.56 bits per heavy atom. The van der Waals surface area contributed by atoms with E-state index >= 15 is 0 Å². The molecule has 5 heteroatoms. The molecule has 4 aliphatic carbocycles. The normalized spacial score (nSPS) is 49.6. The van der Waals surface area contributed by atoms with Crippen LogP contribution in [0.2, 0.25) is 0 Å². The molecule has 0 radical (unpaired) electrons. The van der Waals surface area contributed by atoms with E-state index in [9.17, 15) is 19.8 Å². The lowest BCUT2D eigenvalue weighted by atomic mass is 9.45. The van der Waals surface area contributed by atoms with Crippen LogP contribution in [0.25, 0.3) is 0 Å². The maximum atomic E-state index is 13.9. The van der Waals surface area contributed by atoms with E-state index in [2.05, 4.69) is 19.2 Å². The molecule has 32 heavy (non-hydrogen) atoms. The molecule has 1 amide bonds. The smallest absolute Gasteiger partial charge is 0.261 e. The predicted octanol–water partition coefficient (Wildman–Crippen LogP) is 4.03. The molecule has 0 spiro atoms. The summed E-state index contributed by atoms with van der Waals surface area (Å²) in [7, 11) is 0. The summed E-state index contributed by atoms with van der Waals surface area (Å²) in [5, 5.41) is 24.8. The van der Waals surface area contributed by atoms with Crippen molar-refractivity contribution >= 4 is 17.4 Å². The molecule has 0 saturated heterocycles. The molecule has 0 bridgehead atoms. The second-order valence-corrected chi connectivity index (χ2v) is 12.0. The zero-order chi connectivity index (χ0) is 22.5. The summed E-state index contributed by atoms with van der Waals surface area (Å²) >= 11 is 0. The molecule has 3 N–H and O–H groups in total. The number of nitrogens with one attached hydrogen (secondary N) is 1. The van der Waals surface area contributed by atoms with Crippen LogP contribution >= 0.6 is 0 Å².